The van der Waals surface area contributed by atoms with Gasteiger partial charge in [0.2, 0.25) is 5.95 Å². The third kappa shape index (κ3) is 3.83. The maximum atomic E-state index is 11.8. The number of amides is 1. The number of hydrogen-bond donors (Lipinski definition) is 1. The fourth-order valence-electron chi connectivity index (χ4n) is 3.69. The van der Waals surface area contributed by atoms with Crippen LogP contribution in [-0.2, 0) is 11.3 Å². The van der Waals surface area contributed by atoms with Crippen molar-refractivity contribution in [2.75, 3.05) is 51.3 Å². The number of ether oxygens (including phenoxy) is 1. The second kappa shape index (κ2) is 8.51. The Labute approximate surface area is 154 Å². The van der Waals surface area contributed by atoms with Gasteiger partial charge in [0.25, 0.3) is 5.91 Å². The molecule has 3 rings (SSSR count). The zero-order valence-electron chi connectivity index (χ0n) is 15.8. The summed E-state index contributed by atoms with van der Waals surface area (Å²) < 4.78 is 7.44. The number of hydrogen-bond acceptors (Lipinski definition) is 5. The Bertz CT molecular complexity index is 758. The lowest BCUT2D eigenvalue weighted by Crippen LogP contribution is -2.32. The highest BCUT2D eigenvalue weighted by Crippen LogP contribution is 2.26. The lowest BCUT2D eigenvalue weighted by Gasteiger charge is -2.23. The Morgan fingerprint density at radius 2 is 2.08 bits per heavy atom. The molecule has 2 N–H and O–H groups in total. The fraction of sp³-hybridized carbons (Fsp3) is 0.579. The van der Waals surface area contributed by atoms with Gasteiger partial charge in [-0.2, -0.15) is 0 Å². The number of para-hydroxylation sites is 1. The molecule has 1 saturated heterocycles. The van der Waals surface area contributed by atoms with Crippen molar-refractivity contribution in [1.82, 2.24) is 14.5 Å². The first-order valence-corrected chi connectivity index (χ1v) is 9.41. The van der Waals surface area contributed by atoms with Crippen LogP contribution in [0.4, 0.5) is 5.95 Å². The van der Waals surface area contributed by atoms with Gasteiger partial charge in [-0.15, -0.1) is 0 Å². The molecular formula is C19H29N5O2. The molecule has 1 aliphatic rings. The number of benzene rings is 1. The van der Waals surface area contributed by atoms with Gasteiger partial charge in [-0.25, -0.2) is 4.98 Å². The van der Waals surface area contributed by atoms with Crippen LogP contribution in [0.3, 0.4) is 0 Å². The van der Waals surface area contributed by atoms with E-state index in [-0.39, 0.29) is 0 Å². The number of primary amides is 1. The summed E-state index contributed by atoms with van der Waals surface area (Å²) in [5.41, 5.74) is 7.65. The van der Waals surface area contributed by atoms with Gasteiger partial charge in [-0.3, -0.25) is 4.79 Å². The molecule has 0 spiro atoms. The number of nitrogens with zero attached hydrogens (tertiary/aromatic N) is 4. The molecule has 1 aliphatic heterocycles. The normalized spacial score (nSPS) is 16.2. The minimum atomic E-state index is -0.441. The lowest BCUT2D eigenvalue weighted by molar-refractivity contribution is 0.100. The summed E-state index contributed by atoms with van der Waals surface area (Å²) in [5, 5.41) is 0. The van der Waals surface area contributed by atoms with Gasteiger partial charge in [-0.1, -0.05) is 13.0 Å². The number of fused-ring (bicyclic) bond motifs is 1. The summed E-state index contributed by atoms with van der Waals surface area (Å²) in [4.78, 5) is 21.5. The van der Waals surface area contributed by atoms with E-state index in [2.05, 4.69) is 21.3 Å². The van der Waals surface area contributed by atoms with Crippen molar-refractivity contribution in [3.63, 3.8) is 0 Å². The summed E-state index contributed by atoms with van der Waals surface area (Å²) in [7, 11) is 1.70. The van der Waals surface area contributed by atoms with E-state index in [1.54, 1.807) is 13.2 Å². The van der Waals surface area contributed by atoms with Crippen LogP contribution < -0.4 is 10.6 Å². The van der Waals surface area contributed by atoms with Gasteiger partial charge in [0, 0.05) is 33.3 Å². The number of carbonyl (C=O) groups excluding carboxylic acids is 1. The smallest absolute Gasteiger partial charge is 0.250 e. The van der Waals surface area contributed by atoms with Crippen LogP contribution in [-0.4, -0.2) is 66.8 Å². The predicted octanol–water partition coefficient (Wildman–Crippen LogP) is 1.70. The minimum absolute atomic E-state index is 0.441. The van der Waals surface area contributed by atoms with Crippen LogP contribution in [0.5, 0.6) is 0 Å². The Hall–Kier alpha value is -2.12. The average molecular weight is 359 g/mol. The van der Waals surface area contributed by atoms with E-state index in [9.17, 15) is 4.79 Å². The number of nitrogens with two attached hydrogens (primary N) is 1. The van der Waals surface area contributed by atoms with Gasteiger partial charge in [0.15, 0.2) is 0 Å². The molecule has 0 unspecified atom stereocenters. The van der Waals surface area contributed by atoms with E-state index in [1.807, 2.05) is 12.1 Å². The highest BCUT2D eigenvalue weighted by atomic mass is 16.5. The topological polar surface area (TPSA) is 76.6 Å². The number of aromatic nitrogens is 2. The predicted molar refractivity (Wildman–Crippen MR) is 104 cm³/mol. The molecule has 0 atom stereocenters. The number of methoxy groups -OCH3 is 1. The standard InChI is InChI=1S/C19H29N5O2/c1-3-8-22-9-5-10-23(12-11-22)19-21-17-15(18(20)25)6-4-7-16(17)24(19)13-14-26-2/h4,6-7H,3,5,8-14H2,1-2H3,(H2,20,25). The quantitative estimate of drug-likeness (QED) is 0.814. The molecule has 142 valence electrons. The third-order valence-corrected chi connectivity index (χ3v) is 4.95. The molecule has 0 saturated carbocycles. The van der Waals surface area contributed by atoms with Crippen LogP contribution >= 0.6 is 0 Å². The first kappa shape index (κ1) is 18.7. The van der Waals surface area contributed by atoms with Crippen molar-refractivity contribution in [1.29, 1.82) is 0 Å². The number of imidazole rings is 1. The van der Waals surface area contributed by atoms with E-state index >= 15 is 0 Å². The second-order valence-corrected chi connectivity index (χ2v) is 6.78. The number of carbonyl (C=O) groups is 1. The molecule has 1 fully saturated rings. The van der Waals surface area contributed by atoms with Crippen LogP contribution in [0, 0.1) is 0 Å². The van der Waals surface area contributed by atoms with Crippen LogP contribution in [0.25, 0.3) is 11.0 Å². The maximum absolute atomic E-state index is 11.8. The molecular weight excluding hydrogens is 330 g/mol. The van der Waals surface area contributed by atoms with Gasteiger partial charge in [-0.05, 0) is 38.1 Å². The lowest BCUT2D eigenvalue weighted by atomic mass is 10.2. The van der Waals surface area contributed by atoms with Gasteiger partial charge in [0.05, 0.1) is 17.7 Å². The first-order chi connectivity index (χ1) is 12.7. The monoisotopic (exact) mass is 359 g/mol. The average Bonchev–Trinajstić information content (AvgIpc) is 2.84. The summed E-state index contributed by atoms with van der Waals surface area (Å²) >= 11 is 0. The molecule has 1 aromatic carbocycles. The van der Waals surface area contributed by atoms with E-state index in [0.717, 1.165) is 50.6 Å². The second-order valence-electron chi connectivity index (χ2n) is 6.78. The van der Waals surface area contributed by atoms with E-state index < -0.39 is 5.91 Å². The first-order valence-electron chi connectivity index (χ1n) is 9.41. The van der Waals surface area contributed by atoms with E-state index in [4.69, 9.17) is 15.5 Å². The Kier molecular flexibility index (Phi) is 6.11. The molecule has 1 amide bonds. The molecule has 7 nitrogen and oxygen atoms in total. The van der Waals surface area contributed by atoms with Gasteiger partial charge < -0.3 is 24.8 Å². The van der Waals surface area contributed by atoms with Crippen molar-refractivity contribution in [2.24, 2.45) is 5.73 Å². The summed E-state index contributed by atoms with van der Waals surface area (Å²) in [6.45, 7) is 8.69. The molecule has 2 aromatic rings. The molecule has 0 bridgehead atoms. The molecule has 2 heterocycles. The maximum Gasteiger partial charge on any atom is 0.250 e. The number of anilines is 1. The van der Waals surface area contributed by atoms with Crippen molar-refractivity contribution < 1.29 is 9.53 Å². The molecule has 26 heavy (non-hydrogen) atoms. The van der Waals surface area contributed by atoms with E-state index in [1.165, 1.54) is 6.42 Å². The van der Waals surface area contributed by atoms with Crippen LogP contribution in [0.2, 0.25) is 0 Å². The van der Waals surface area contributed by atoms with E-state index in [0.29, 0.717) is 24.2 Å². The molecule has 0 radical (unpaired) electrons. The van der Waals surface area contributed by atoms with Crippen molar-refractivity contribution >= 4 is 22.9 Å². The van der Waals surface area contributed by atoms with Gasteiger partial charge >= 0.3 is 0 Å². The largest absolute Gasteiger partial charge is 0.383 e. The molecule has 7 heteroatoms. The minimum Gasteiger partial charge on any atom is -0.383 e. The molecule has 0 aliphatic carbocycles. The zero-order chi connectivity index (χ0) is 18.5. The highest BCUT2D eigenvalue weighted by molar-refractivity contribution is 6.04. The van der Waals surface area contributed by atoms with Crippen LogP contribution in [0.1, 0.15) is 30.1 Å². The summed E-state index contributed by atoms with van der Waals surface area (Å²) in [6.07, 6.45) is 2.28. The fourth-order valence-corrected chi connectivity index (χ4v) is 3.69. The van der Waals surface area contributed by atoms with Crippen molar-refractivity contribution in [3.05, 3.63) is 23.8 Å². The Morgan fingerprint density at radius 3 is 2.81 bits per heavy atom. The third-order valence-electron chi connectivity index (χ3n) is 4.95. The summed E-state index contributed by atoms with van der Waals surface area (Å²) in [6, 6.07) is 5.60. The Morgan fingerprint density at radius 1 is 1.23 bits per heavy atom. The summed E-state index contributed by atoms with van der Waals surface area (Å²) in [5.74, 6) is 0.465. The zero-order valence-corrected chi connectivity index (χ0v) is 15.8. The highest BCUT2D eigenvalue weighted by Gasteiger charge is 2.22. The van der Waals surface area contributed by atoms with Crippen molar-refractivity contribution in [3.8, 4) is 0 Å². The van der Waals surface area contributed by atoms with Crippen LogP contribution in [0.15, 0.2) is 18.2 Å². The van der Waals surface area contributed by atoms with Gasteiger partial charge in [0.1, 0.15) is 5.52 Å². The number of rotatable bonds is 7. The SMILES string of the molecule is CCCN1CCCN(c2nc3c(C(N)=O)cccc3n2CCOC)CC1. The molecule has 1 aromatic heterocycles. The van der Waals surface area contributed by atoms with Crippen molar-refractivity contribution in [2.45, 2.75) is 26.3 Å². The Balaban J connectivity index is 1.98.